The third-order valence-electron chi connectivity index (χ3n) is 6.10. The van der Waals surface area contributed by atoms with Crippen molar-refractivity contribution in [1.82, 2.24) is 0 Å². The van der Waals surface area contributed by atoms with Crippen LogP contribution in [0.25, 0.3) is 18.2 Å². The van der Waals surface area contributed by atoms with Crippen molar-refractivity contribution in [2.75, 3.05) is 0 Å². The highest BCUT2D eigenvalue weighted by Gasteiger charge is 2.41. The van der Waals surface area contributed by atoms with Crippen LogP contribution in [0.5, 0.6) is 0 Å². The number of fused-ring (bicyclic) bond motifs is 5. The summed E-state index contributed by atoms with van der Waals surface area (Å²) < 4.78 is 1.49. The van der Waals surface area contributed by atoms with Gasteiger partial charge in [-0.3, -0.25) is 0 Å². The molecule has 0 amide bonds. The second kappa shape index (κ2) is 5.63. The molecule has 0 saturated carbocycles. The highest BCUT2D eigenvalue weighted by molar-refractivity contribution is 7.10. The van der Waals surface area contributed by atoms with Crippen molar-refractivity contribution in [3.8, 4) is 0 Å². The van der Waals surface area contributed by atoms with Crippen LogP contribution in [-0.4, -0.2) is 0 Å². The number of rotatable bonds is 1. The second-order valence-corrected chi connectivity index (χ2v) is 8.68. The molecule has 0 fully saturated rings. The number of hydrogen-bond acceptors (Lipinski definition) is 1. The van der Waals surface area contributed by atoms with E-state index in [1.54, 1.807) is 0 Å². The average molecular weight is 323 g/mol. The average Bonchev–Trinajstić information content (AvgIpc) is 3.04. The third kappa shape index (κ3) is 2.32. The molecule has 3 unspecified atom stereocenters. The van der Waals surface area contributed by atoms with Crippen LogP contribution in [0.1, 0.15) is 44.1 Å². The zero-order valence-electron chi connectivity index (χ0n) is 14.4. The van der Waals surface area contributed by atoms with Gasteiger partial charge in [0.25, 0.3) is 0 Å². The van der Waals surface area contributed by atoms with E-state index in [0.717, 1.165) is 6.42 Å². The summed E-state index contributed by atoms with van der Waals surface area (Å²) in [5.41, 5.74) is 1.71. The Labute approximate surface area is 143 Å². The minimum absolute atomic E-state index is 0.224. The van der Waals surface area contributed by atoms with Gasteiger partial charge in [-0.2, -0.15) is 0 Å². The van der Waals surface area contributed by atoms with Crippen molar-refractivity contribution < 1.29 is 0 Å². The summed E-state index contributed by atoms with van der Waals surface area (Å²) in [5, 5.41) is 1.49. The van der Waals surface area contributed by atoms with Gasteiger partial charge in [0, 0.05) is 21.2 Å². The molecule has 1 aromatic heterocycles. The Bertz CT molecular complexity index is 815. The fourth-order valence-corrected chi connectivity index (χ4v) is 5.76. The molecule has 1 heterocycles. The van der Waals surface area contributed by atoms with Crippen molar-refractivity contribution in [3.63, 3.8) is 0 Å². The van der Waals surface area contributed by atoms with E-state index in [9.17, 15) is 0 Å². The molecule has 3 aliphatic carbocycles. The normalized spacial score (nSPS) is 34.3. The summed E-state index contributed by atoms with van der Waals surface area (Å²) in [7, 11) is 0. The molecule has 0 nitrogen and oxygen atoms in total. The molecule has 0 aliphatic heterocycles. The number of allylic oxidation sites excluding steroid dienone is 5. The van der Waals surface area contributed by atoms with Gasteiger partial charge in [0.05, 0.1) is 0 Å². The summed E-state index contributed by atoms with van der Waals surface area (Å²) in [6.07, 6.45) is 23.1. The Balaban J connectivity index is 1.86. The molecule has 3 aliphatic rings. The maximum atomic E-state index is 2.51. The first kappa shape index (κ1) is 15.2. The van der Waals surface area contributed by atoms with Crippen molar-refractivity contribution in [2.45, 2.75) is 40.0 Å². The third-order valence-corrected chi connectivity index (χ3v) is 7.34. The van der Waals surface area contributed by atoms with Crippen LogP contribution in [0.3, 0.4) is 0 Å². The molecule has 1 aromatic rings. The first-order chi connectivity index (χ1) is 11.1. The van der Waals surface area contributed by atoms with Gasteiger partial charge in [-0.05, 0) is 41.4 Å². The van der Waals surface area contributed by atoms with Gasteiger partial charge in [-0.25, -0.2) is 0 Å². The second-order valence-electron chi connectivity index (χ2n) is 7.55. The monoisotopic (exact) mass is 322 g/mol. The minimum atomic E-state index is 0.224. The molecule has 0 radical (unpaired) electrons. The number of hydrogen-bond donors (Lipinski definition) is 0. The molecule has 3 atom stereocenters. The maximum absolute atomic E-state index is 2.51. The molecule has 120 valence electrons. The maximum Gasteiger partial charge on any atom is 0.0309 e. The molecule has 1 heteroatoms. The smallest absolute Gasteiger partial charge is 0.0309 e. The predicted molar refractivity (Wildman–Crippen MR) is 103 cm³/mol. The summed E-state index contributed by atoms with van der Waals surface area (Å²) in [5.74, 6) is 1.83. The van der Waals surface area contributed by atoms with Crippen LogP contribution in [-0.2, 0) is 6.42 Å². The Morgan fingerprint density at radius 1 is 1.13 bits per heavy atom. The van der Waals surface area contributed by atoms with E-state index in [2.05, 4.69) is 69.4 Å². The van der Waals surface area contributed by atoms with E-state index in [0.29, 0.717) is 17.8 Å². The van der Waals surface area contributed by atoms with Crippen LogP contribution in [0.15, 0.2) is 30.4 Å². The summed E-state index contributed by atoms with van der Waals surface area (Å²) in [4.78, 5) is 1.53. The van der Waals surface area contributed by atoms with E-state index in [-0.39, 0.29) is 5.41 Å². The van der Waals surface area contributed by atoms with Gasteiger partial charge in [0.1, 0.15) is 0 Å². The van der Waals surface area contributed by atoms with Crippen LogP contribution in [0.2, 0.25) is 0 Å². The fraction of sp³-hybridized carbons (Fsp3) is 0.455. The topological polar surface area (TPSA) is 0 Å². The van der Waals surface area contributed by atoms with Gasteiger partial charge in [0.2, 0.25) is 0 Å². The lowest BCUT2D eigenvalue weighted by Gasteiger charge is -2.36. The molecule has 0 N–H and O–H groups in total. The zero-order chi connectivity index (χ0) is 16.0. The first-order valence-electron chi connectivity index (χ1n) is 8.99. The van der Waals surface area contributed by atoms with Gasteiger partial charge in [-0.1, -0.05) is 69.4 Å². The largest absolute Gasteiger partial charge is 0.140 e. The Morgan fingerprint density at radius 2 is 1.96 bits per heavy atom. The van der Waals surface area contributed by atoms with Gasteiger partial charge in [0.15, 0.2) is 0 Å². The molecular formula is C22H26S. The molecule has 2 bridgehead atoms. The summed E-state index contributed by atoms with van der Waals surface area (Å²) in [6, 6.07) is 0. The molecule has 0 saturated heterocycles. The Kier molecular flexibility index (Phi) is 3.72. The highest BCUT2D eigenvalue weighted by Crippen LogP contribution is 2.48. The summed E-state index contributed by atoms with van der Waals surface area (Å²) >= 11 is 2.00. The SMILES string of the molecule is CC(C)C12C=CC(/C=C\c3c(sc4c3=CCCC=4)C/C=C\1)C2C. The minimum Gasteiger partial charge on any atom is -0.140 e. The quantitative estimate of drug-likeness (QED) is 0.658. The lowest BCUT2D eigenvalue weighted by atomic mass is 9.68. The summed E-state index contributed by atoms with van der Waals surface area (Å²) in [6.45, 7) is 7.15. The molecule has 0 spiro atoms. The lowest BCUT2D eigenvalue weighted by molar-refractivity contribution is 0.228. The Morgan fingerprint density at radius 3 is 2.78 bits per heavy atom. The standard InChI is InChI=1S/C22H26S/c1-15(2)22-13-6-9-21-19(11-10-17(12-14-22)16(22)3)18-7-4-5-8-20(18)23-21/h6-8,10-17H,4-5,9H2,1-3H3/b11-10-,13-6-. The van der Waals surface area contributed by atoms with Crippen LogP contribution >= 0.6 is 11.3 Å². The molecule has 0 aromatic carbocycles. The highest BCUT2D eigenvalue weighted by atomic mass is 32.1. The van der Waals surface area contributed by atoms with Crippen LogP contribution in [0, 0.1) is 23.2 Å². The van der Waals surface area contributed by atoms with Crippen LogP contribution in [0.4, 0.5) is 0 Å². The first-order valence-corrected chi connectivity index (χ1v) is 9.81. The van der Waals surface area contributed by atoms with Crippen molar-refractivity contribution >= 4 is 29.6 Å². The van der Waals surface area contributed by atoms with Crippen molar-refractivity contribution in [3.05, 3.63) is 50.6 Å². The lowest BCUT2D eigenvalue weighted by Crippen LogP contribution is -2.30. The predicted octanol–water partition coefficient (Wildman–Crippen LogP) is 4.69. The molecule has 23 heavy (non-hydrogen) atoms. The van der Waals surface area contributed by atoms with E-state index in [4.69, 9.17) is 0 Å². The molecular weight excluding hydrogens is 296 g/mol. The van der Waals surface area contributed by atoms with Gasteiger partial charge >= 0.3 is 0 Å². The van der Waals surface area contributed by atoms with E-state index in [1.165, 1.54) is 33.0 Å². The zero-order valence-corrected chi connectivity index (χ0v) is 15.2. The van der Waals surface area contributed by atoms with E-state index >= 15 is 0 Å². The Hall–Kier alpha value is -1.34. The van der Waals surface area contributed by atoms with Crippen molar-refractivity contribution in [2.24, 2.45) is 23.2 Å². The van der Waals surface area contributed by atoms with Gasteiger partial charge in [-0.15, -0.1) is 11.3 Å². The van der Waals surface area contributed by atoms with E-state index in [1.807, 2.05) is 11.3 Å². The molecule has 4 rings (SSSR count). The van der Waals surface area contributed by atoms with Gasteiger partial charge < -0.3 is 0 Å². The van der Waals surface area contributed by atoms with Crippen LogP contribution < -0.4 is 9.75 Å². The van der Waals surface area contributed by atoms with E-state index < -0.39 is 0 Å². The fourth-order valence-electron chi connectivity index (χ4n) is 4.52. The number of thiophene rings is 1. The van der Waals surface area contributed by atoms with Crippen molar-refractivity contribution in [1.29, 1.82) is 0 Å².